The van der Waals surface area contributed by atoms with E-state index in [2.05, 4.69) is 5.10 Å². The minimum absolute atomic E-state index is 0.251. The van der Waals surface area contributed by atoms with Crippen molar-refractivity contribution in [2.75, 3.05) is 11.6 Å². The molecular formula is C13H14N2O3. The Labute approximate surface area is 105 Å². The van der Waals surface area contributed by atoms with Crippen molar-refractivity contribution in [2.24, 2.45) is 11.0 Å². The maximum Gasteiger partial charge on any atom is 0.324 e. The molecule has 0 N–H and O–H groups in total. The van der Waals surface area contributed by atoms with Gasteiger partial charge in [0, 0.05) is 6.21 Å². The van der Waals surface area contributed by atoms with Gasteiger partial charge in [-0.05, 0) is 25.5 Å². The summed E-state index contributed by atoms with van der Waals surface area (Å²) in [5.41, 5.74) is 1.61. The number of amides is 1. The molecule has 0 saturated heterocycles. The van der Waals surface area contributed by atoms with Crippen molar-refractivity contribution in [2.45, 2.75) is 13.8 Å². The topological polar surface area (TPSA) is 59.0 Å². The highest BCUT2D eigenvalue weighted by atomic mass is 16.5. The monoisotopic (exact) mass is 246 g/mol. The highest BCUT2D eigenvalue weighted by Crippen LogP contribution is 2.24. The van der Waals surface area contributed by atoms with Crippen LogP contribution in [0, 0.1) is 12.8 Å². The van der Waals surface area contributed by atoms with E-state index >= 15 is 0 Å². The van der Waals surface area contributed by atoms with Crippen LogP contribution in [0.5, 0.6) is 0 Å². The number of para-hydroxylation sites is 1. The summed E-state index contributed by atoms with van der Waals surface area (Å²) in [6.07, 6.45) is 1.33. The van der Waals surface area contributed by atoms with Gasteiger partial charge in [-0.25, -0.2) is 0 Å². The van der Waals surface area contributed by atoms with Gasteiger partial charge in [-0.1, -0.05) is 18.2 Å². The normalized spacial score (nSPS) is 18.2. The molecule has 1 atom stereocenters. The zero-order chi connectivity index (χ0) is 13.1. The fourth-order valence-electron chi connectivity index (χ4n) is 1.76. The third-order valence-electron chi connectivity index (χ3n) is 2.69. The number of ether oxygens (including phenoxy) is 1. The molecule has 0 bridgehead atoms. The van der Waals surface area contributed by atoms with Gasteiger partial charge in [0.05, 0.1) is 12.3 Å². The summed E-state index contributed by atoms with van der Waals surface area (Å²) >= 11 is 0. The molecule has 18 heavy (non-hydrogen) atoms. The van der Waals surface area contributed by atoms with Crippen LogP contribution in [0.1, 0.15) is 12.5 Å². The molecule has 5 heteroatoms. The summed E-state index contributed by atoms with van der Waals surface area (Å²) in [6.45, 7) is 3.84. The first-order chi connectivity index (χ1) is 8.65. The van der Waals surface area contributed by atoms with Crippen LogP contribution in [0.25, 0.3) is 0 Å². The second kappa shape index (κ2) is 5.00. The van der Waals surface area contributed by atoms with Crippen LogP contribution >= 0.6 is 0 Å². The van der Waals surface area contributed by atoms with Crippen molar-refractivity contribution in [1.82, 2.24) is 0 Å². The number of hydrogen-bond donors (Lipinski definition) is 0. The highest BCUT2D eigenvalue weighted by Gasteiger charge is 2.36. The Morgan fingerprint density at radius 1 is 1.44 bits per heavy atom. The SMILES string of the molecule is CCOC(=O)C1C=NN(c2ccccc2C)C1=O. The summed E-state index contributed by atoms with van der Waals surface area (Å²) in [6, 6.07) is 7.38. The van der Waals surface area contributed by atoms with Gasteiger partial charge in [-0.3, -0.25) is 9.59 Å². The maximum absolute atomic E-state index is 12.1. The number of esters is 1. The van der Waals surface area contributed by atoms with E-state index in [1.165, 1.54) is 11.2 Å². The van der Waals surface area contributed by atoms with Gasteiger partial charge >= 0.3 is 5.97 Å². The van der Waals surface area contributed by atoms with E-state index in [9.17, 15) is 9.59 Å². The highest BCUT2D eigenvalue weighted by molar-refractivity contribution is 6.19. The third-order valence-corrected chi connectivity index (χ3v) is 2.69. The summed E-state index contributed by atoms with van der Waals surface area (Å²) in [5.74, 6) is -1.85. The van der Waals surface area contributed by atoms with Crippen molar-refractivity contribution in [3.05, 3.63) is 29.8 Å². The zero-order valence-electron chi connectivity index (χ0n) is 10.3. The number of anilines is 1. The number of benzene rings is 1. The lowest BCUT2D eigenvalue weighted by Gasteiger charge is -2.15. The first-order valence-corrected chi connectivity index (χ1v) is 5.75. The second-order valence-electron chi connectivity index (χ2n) is 3.93. The van der Waals surface area contributed by atoms with Crippen LogP contribution in [0.4, 0.5) is 5.69 Å². The van der Waals surface area contributed by atoms with Gasteiger partial charge in [-0.15, -0.1) is 0 Å². The lowest BCUT2D eigenvalue weighted by atomic mass is 10.1. The number of carbonyl (C=O) groups excluding carboxylic acids is 2. The van der Waals surface area contributed by atoms with Crippen LogP contribution in [0.2, 0.25) is 0 Å². The molecule has 5 nitrogen and oxygen atoms in total. The second-order valence-corrected chi connectivity index (χ2v) is 3.93. The van der Waals surface area contributed by atoms with Crippen molar-refractivity contribution < 1.29 is 14.3 Å². The number of carbonyl (C=O) groups is 2. The minimum Gasteiger partial charge on any atom is -0.465 e. The molecule has 1 heterocycles. The molecule has 0 spiro atoms. The molecule has 0 aliphatic carbocycles. The molecule has 1 aliphatic rings. The number of aryl methyl sites for hydroxylation is 1. The van der Waals surface area contributed by atoms with Gasteiger partial charge < -0.3 is 4.74 Å². The Morgan fingerprint density at radius 2 is 2.17 bits per heavy atom. The summed E-state index contributed by atoms with van der Waals surface area (Å²) in [5, 5.41) is 5.24. The summed E-state index contributed by atoms with van der Waals surface area (Å²) < 4.78 is 4.83. The molecule has 0 saturated carbocycles. The zero-order valence-corrected chi connectivity index (χ0v) is 10.3. The van der Waals surface area contributed by atoms with E-state index in [0.717, 1.165) is 5.56 Å². The van der Waals surface area contributed by atoms with E-state index < -0.39 is 11.9 Å². The van der Waals surface area contributed by atoms with Crippen LogP contribution in [-0.2, 0) is 14.3 Å². The van der Waals surface area contributed by atoms with Crippen LogP contribution in [0.15, 0.2) is 29.4 Å². The molecular weight excluding hydrogens is 232 g/mol. The minimum atomic E-state index is -0.926. The molecule has 1 aromatic rings. The molecule has 1 amide bonds. The molecule has 1 aliphatic heterocycles. The lowest BCUT2D eigenvalue weighted by Crippen LogP contribution is -2.32. The van der Waals surface area contributed by atoms with E-state index in [-0.39, 0.29) is 12.5 Å². The summed E-state index contributed by atoms with van der Waals surface area (Å²) in [4.78, 5) is 23.6. The Kier molecular flexibility index (Phi) is 3.41. The van der Waals surface area contributed by atoms with Crippen molar-refractivity contribution in [1.29, 1.82) is 0 Å². The van der Waals surface area contributed by atoms with E-state index in [0.29, 0.717) is 5.69 Å². The summed E-state index contributed by atoms with van der Waals surface area (Å²) in [7, 11) is 0. The Balaban J connectivity index is 2.21. The van der Waals surface area contributed by atoms with Crippen molar-refractivity contribution >= 4 is 23.8 Å². The number of hydrazone groups is 1. The van der Waals surface area contributed by atoms with Crippen LogP contribution in [-0.4, -0.2) is 24.7 Å². The number of nitrogens with zero attached hydrogens (tertiary/aromatic N) is 2. The van der Waals surface area contributed by atoms with E-state index in [1.54, 1.807) is 13.0 Å². The van der Waals surface area contributed by atoms with Crippen molar-refractivity contribution in [3.63, 3.8) is 0 Å². The maximum atomic E-state index is 12.1. The van der Waals surface area contributed by atoms with Gasteiger partial charge in [0.1, 0.15) is 0 Å². The Morgan fingerprint density at radius 3 is 2.83 bits per heavy atom. The van der Waals surface area contributed by atoms with Crippen LogP contribution in [0.3, 0.4) is 0 Å². The molecule has 2 rings (SSSR count). The molecule has 1 aromatic carbocycles. The molecule has 0 radical (unpaired) electrons. The molecule has 0 aromatic heterocycles. The average molecular weight is 246 g/mol. The van der Waals surface area contributed by atoms with E-state index in [1.807, 2.05) is 25.1 Å². The van der Waals surface area contributed by atoms with E-state index in [4.69, 9.17) is 4.74 Å². The first kappa shape index (κ1) is 12.3. The van der Waals surface area contributed by atoms with Gasteiger partial charge in [0.15, 0.2) is 5.92 Å². The standard InChI is InChI=1S/C13H14N2O3/c1-3-18-13(17)10-8-14-15(12(10)16)11-7-5-4-6-9(11)2/h4-8,10H,3H2,1-2H3. The molecule has 0 fully saturated rings. The first-order valence-electron chi connectivity index (χ1n) is 5.75. The predicted octanol–water partition coefficient (Wildman–Crippen LogP) is 1.51. The number of rotatable bonds is 3. The lowest BCUT2D eigenvalue weighted by molar-refractivity contribution is -0.147. The average Bonchev–Trinajstić information content (AvgIpc) is 2.72. The Hall–Kier alpha value is -2.17. The predicted molar refractivity (Wildman–Crippen MR) is 67.3 cm³/mol. The third kappa shape index (κ3) is 2.11. The van der Waals surface area contributed by atoms with Gasteiger partial charge in [-0.2, -0.15) is 10.1 Å². The smallest absolute Gasteiger partial charge is 0.324 e. The Bertz CT molecular complexity index is 511. The fraction of sp³-hybridized carbons (Fsp3) is 0.308. The van der Waals surface area contributed by atoms with Crippen molar-refractivity contribution in [3.8, 4) is 0 Å². The van der Waals surface area contributed by atoms with Gasteiger partial charge in [0.2, 0.25) is 0 Å². The molecule has 94 valence electrons. The van der Waals surface area contributed by atoms with Crippen LogP contribution < -0.4 is 5.01 Å². The largest absolute Gasteiger partial charge is 0.465 e. The number of hydrogen-bond acceptors (Lipinski definition) is 4. The van der Waals surface area contributed by atoms with Gasteiger partial charge in [0.25, 0.3) is 5.91 Å². The molecule has 1 unspecified atom stereocenters. The fourth-order valence-corrected chi connectivity index (χ4v) is 1.76. The quantitative estimate of drug-likeness (QED) is 0.600.